The van der Waals surface area contributed by atoms with Crippen LogP contribution in [0, 0.1) is 0 Å². The van der Waals surface area contributed by atoms with E-state index in [1.807, 2.05) is 6.07 Å². The number of nitrogens with zero attached hydrogens (tertiary/aromatic N) is 2. The Bertz CT molecular complexity index is 786. The van der Waals surface area contributed by atoms with Gasteiger partial charge in [0, 0.05) is 25.2 Å². The highest BCUT2D eigenvalue weighted by molar-refractivity contribution is 5.80. The Morgan fingerprint density at radius 1 is 1.10 bits per heavy atom. The predicted octanol–water partition coefficient (Wildman–Crippen LogP) is 3.33. The zero-order valence-electron chi connectivity index (χ0n) is 11.6. The molecule has 1 aromatic heterocycles. The van der Waals surface area contributed by atoms with Crippen molar-refractivity contribution < 1.29 is 0 Å². The van der Waals surface area contributed by atoms with E-state index in [0.717, 1.165) is 31.0 Å². The molecule has 0 bridgehead atoms. The minimum atomic E-state index is 0.936. The average molecular weight is 263 g/mol. The summed E-state index contributed by atoms with van der Waals surface area (Å²) in [6, 6.07) is 15.0. The normalized spacial score (nSPS) is 13.8. The van der Waals surface area contributed by atoms with Crippen LogP contribution in [0.15, 0.2) is 42.5 Å². The number of aryl methyl sites for hydroxylation is 1. The lowest BCUT2D eigenvalue weighted by molar-refractivity contribution is 0.764. The van der Waals surface area contributed by atoms with Gasteiger partial charge >= 0.3 is 0 Å². The summed E-state index contributed by atoms with van der Waals surface area (Å²) in [4.78, 5) is 4.82. The summed E-state index contributed by atoms with van der Waals surface area (Å²) >= 11 is 0. The second kappa shape index (κ2) is 4.46. The summed E-state index contributed by atoms with van der Waals surface area (Å²) in [5.41, 5.74) is 6.31. The van der Waals surface area contributed by atoms with Gasteiger partial charge in [0.05, 0.1) is 11.0 Å². The Morgan fingerprint density at radius 2 is 1.95 bits per heavy atom. The van der Waals surface area contributed by atoms with Gasteiger partial charge in [0.2, 0.25) is 0 Å². The first-order chi connectivity index (χ1) is 9.86. The van der Waals surface area contributed by atoms with Crippen LogP contribution in [0.25, 0.3) is 22.4 Å². The van der Waals surface area contributed by atoms with Gasteiger partial charge in [0.25, 0.3) is 0 Å². The van der Waals surface area contributed by atoms with Crippen LogP contribution in [-0.4, -0.2) is 9.55 Å². The molecule has 1 aliphatic rings. The zero-order chi connectivity index (χ0) is 13.5. The molecule has 0 fully saturated rings. The molecule has 3 heteroatoms. The SMILES string of the molecule is CCn1c(-c2ccc3c(c2)CNC3)nc2ccccc21. The first-order valence-electron chi connectivity index (χ1n) is 7.15. The number of aromatic nitrogens is 2. The maximum atomic E-state index is 4.82. The fraction of sp³-hybridized carbons (Fsp3) is 0.235. The number of hydrogen-bond acceptors (Lipinski definition) is 2. The maximum absolute atomic E-state index is 4.82. The standard InChI is InChI=1S/C17H17N3/c1-2-20-16-6-4-3-5-15(16)19-17(20)12-7-8-13-10-18-11-14(13)9-12/h3-9,18H,2,10-11H2,1H3. The number of hydrogen-bond donors (Lipinski definition) is 1. The molecule has 20 heavy (non-hydrogen) atoms. The van der Waals surface area contributed by atoms with E-state index in [2.05, 4.69) is 53.2 Å². The van der Waals surface area contributed by atoms with Gasteiger partial charge in [-0.2, -0.15) is 0 Å². The molecule has 0 aliphatic carbocycles. The summed E-state index contributed by atoms with van der Waals surface area (Å²) < 4.78 is 2.29. The molecule has 0 atom stereocenters. The molecule has 0 amide bonds. The number of nitrogens with one attached hydrogen (secondary N) is 1. The van der Waals surface area contributed by atoms with E-state index in [9.17, 15) is 0 Å². The Balaban J connectivity index is 1.93. The molecule has 0 saturated carbocycles. The Kier molecular flexibility index (Phi) is 2.60. The summed E-state index contributed by atoms with van der Waals surface area (Å²) in [6.07, 6.45) is 0. The molecule has 0 radical (unpaired) electrons. The highest BCUT2D eigenvalue weighted by Gasteiger charge is 2.15. The predicted molar refractivity (Wildman–Crippen MR) is 81.4 cm³/mol. The lowest BCUT2D eigenvalue weighted by Crippen LogP contribution is -2.00. The molecule has 1 aliphatic heterocycles. The summed E-state index contributed by atoms with van der Waals surface area (Å²) in [6.45, 7) is 5.06. The van der Waals surface area contributed by atoms with Gasteiger partial charge in [-0.1, -0.05) is 24.3 Å². The minimum Gasteiger partial charge on any atom is -0.324 e. The number of fused-ring (bicyclic) bond motifs is 2. The van der Waals surface area contributed by atoms with E-state index in [1.54, 1.807) is 0 Å². The molecule has 0 saturated heterocycles. The molecule has 3 nitrogen and oxygen atoms in total. The van der Waals surface area contributed by atoms with E-state index < -0.39 is 0 Å². The van der Waals surface area contributed by atoms with Crippen LogP contribution in [0.5, 0.6) is 0 Å². The molecule has 0 unspecified atom stereocenters. The number of benzene rings is 2. The molecular weight excluding hydrogens is 246 g/mol. The van der Waals surface area contributed by atoms with Crippen LogP contribution in [0.1, 0.15) is 18.1 Å². The summed E-state index contributed by atoms with van der Waals surface area (Å²) in [5.74, 6) is 1.07. The minimum absolute atomic E-state index is 0.936. The van der Waals surface area contributed by atoms with Gasteiger partial charge in [0.15, 0.2) is 0 Å². The van der Waals surface area contributed by atoms with Crippen LogP contribution < -0.4 is 5.32 Å². The zero-order valence-corrected chi connectivity index (χ0v) is 11.6. The number of rotatable bonds is 2. The fourth-order valence-corrected chi connectivity index (χ4v) is 3.05. The van der Waals surface area contributed by atoms with E-state index in [0.29, 0.717) is 0 Å². The highest BCUT2D eigenvalue weighted by atomic mass is 15.1. The summed E-state index contributed by atoms with van der Waals surface area (Å²) in [7, 11) is 0. The number of imidazole rings is 1. The summed E-state index contributed by atoms with van der Waals surface area (Å²) in [5, 5.41) is 3.39. The molecule has 4 rings (SSSR count). The van der Waals surface area contributed by atoms with Gasteiger partial charge in [-0.3, -0.25) is 0 Å². The molecular formula is C17H17N3. The van der Waals surface area contributed by atoms with Crippen molar-refractivity contribution in [1.82, 2.24) is 14.9 Å². The van der Waals surface area contributed by atoms with E-state index in [4.69, 9.17) is 4.98 Å². The Morgan fingerprint density at radius 3 is 2.85 bits per heavy atom. The van der Waals surface area contributed by atoms with Crippen LogP contribution in [0.4, 0.5) is 0 Å². The van der Waals surface area contributed by atoms with Crippen LogP contribution in [0.2, 0.25) is 0 Å². The fourth-order valence-electron chi connectivity index (χ4n) is 3.05. The molecule has 2 aromatic carbocycles. The van der Waals surface area contributed by atoms with Gasteiger partial charge < -0.3 is 9.88 Å². The lowest BCUT2D eigenvalue weighted by atomic mass is 10.1. The average Bonchev–Trinajstić information content (AvgIpc) is 3.10. The van der Waals surface area contributed by atoms with E-state index in [-0.39, 0.29) is 0 Å². The van der Waals surface area contributed by atoms with Crippen molar-refractivity contribution in [2.45, 2.75) is 26.6 Å². The van der Waals surface area contributed by atoms with Crippen molar-refractivity contribution in [2.24, 2.45) is 0 Å². The van der Waals surface area contributed by atoms with Crippen molar-refractivity contribution in [3.63, 3.8) is 0 Å². The monoisotopic (exact) mass is 263 g/mol. The van der Waals surface area contributed by atoms with Gasteiger partial charge in [0.1, 0.15) is 5.82 Å². The van der Waals surface area contributed by atoms with Gasteiger partial charge in [-0.15, -0.1) is 0 Å². The van der Waals surface area contributed by atoms with Crippen molar-refractivity contribution in [1.29, 1.82) is 0 Å². The van der Waals surface area contributed by atoms with Crippen molar-refractivity contribution >= 4 is 11.0 Å². The molecule has 100 valence electrons. The Hall–Kier alpha value is -2.13. The largest absolute Gasteiger partial charge is 0.324 e. The van der Waals surface area contributed by atoms with Crippen LogP contribution >= 0.6 is 0 Å². The highest BCUT2D eigenvalue weighted by Crippen LogP contribution is 2.27. The second-order valence-electron chi connectivity index (χ2n) is 5.26. The Labute approximate surface area is 118 Å². The molecule has 3 aromatic rings. The third-order valence-electron chi connectivity index (χ3n) is 4.07. The maximum Gasteiger partial charge on any atom is 0.141 e. The first-order valence-corrected chi connectivity index (χ1v) is 7.15. The molecule has 1 N–H and O–H groups in total. The first kappa shape index (κ1) is 11.7. The van der Waals surface area contributed by atoms with Crippen molar-refractivity contribution in [2.75, 3.05) is 0 Å². The smallest absolute Gasteiger partial charge is 0.141 e. The van der Waals surface area contributed by atoms with E-state index in [1.165, 1.54) is 22.2 Å². The van der Waals surface area contributed by atoms with Crippen molar-refractivity contribution in [3.8, 4) is 11.4 Å². The topological polar surface area (TPSA) is 29.9 Å². The van der Waals surface area contributed by atoms with Crippen LogP contribution in [-0.2, 0) is 19.6 Å². The third kappa shape index (κ3) is 1.67. The second-order valence-corrected chi connectivity index (χ2v) is 5.26. The van der Waals surface area contributed by atoms with Gasteiger partial charge in [-0.05, 0) is 36.2 Å². The van der Waals surface area contributed by atoms with Crippen molar-refractivity contribution in [3.05, 3.63) is 53.6 Å². The van der Waals surface area contributed by atoms with E-state index >= 15 is 0 Å². The molecule has 0 spiro atoms. The lowest BCUT2D eigenvalue weighted by Gasteiger charge is -2.07. The number of para-hydroxylation sites is 2. The van der Waals surface area contributed by atoms with Crippen LogP contribution in [0.3, 0.4) is 0 Å². The quantitative estimate of drug-likeness (QED) is 0.768. The third-order valence-corrected chi connectivity index (χ3v) is 4.07. The molecule has 2 heterocycles. The van der Waals surface area contributed by atoms with Gasteiger partial charge in [-0.25, -0.2) is 4.98 Å².